The summed E-state index contributed by atoms with van der Waals surface area (Å²) in [5.41, 5.74) is 1.66. The minimum atomic E-state index is -4.31. The van der Waals surface area contributed by atoms with Gasteiger partial charge in [-0.05, 0) is 54.3 Å². The number of benzene rings is 4. The van der Waals surface area contributed by atoms with Crippen molar-refractivity contribution in [1.82, 2.24) is 10.2 Å². The minimum Gasteiger partial charge on any atom is -0.352 e. The number of halogens is 2. The van der Waals surface area contributed by atoms with Crippen LogP contribution < -0.4 is 9.62 Å². The van der Waals surface area contributed by atoms with Gasteiger partial charge in [0.2, 0.25) is 11.8 Å². The van der Waals surface area contributed by atoms with Crippen molar-refractivity contribution in [3.05, 3.63) is 131 Å². The molecule has 4 aromatic rings. The summed E-state index contributed by atoms with van der Waals surface area (Å²) in [5, 5.41) is 2.91. The Labute approximate surface area is 275 Å². The van der Waals surface area contributed by atoms with Gasteiger partial charge in [-0.3, -0.25) is 13.9 Å². The van der Waals surface area contributed by atoms with Crippen LogP contribution in [0.3, 0.4) is 0 Å². The number of carbonyl (C=O) groups excluding carboxylic acids is 2. The summed E-state index contributed by atoms with van der Waals surface area (Å²) < 4.78 is 43.2. The third-order valence-corrected chi connectivity index (χ3v) is 10.3. The lowest BCUT2D eigenvalue weighted by atomic mass is 9.94. The molecule has 5 rings (SSSR count). The number of nitrogens with one attached hydrogen (secondary N) is 1. The fourth-order valence-corrected chi connectivity index (χ4v) is 7.37. The molecule has 0 heterocycles. The van der Waals surface area contributed by atoms with Gasteiger partial charge in [0.1, 0.15) is 18.4 Å². The summed E-state index contributed by atoms with van der Waals surface area (Å²) in [7, 11) is -4.31. The molecule has 46 heavy (non-hydrogen) atoms. The van der Waals surface area contributed by atoms with Crippen molar-refractivity contribution in [2.24, 2.45) is 0 Å². The molecule has 4 aromatic carbocycles. The first-order valence-electron chi connectivity index (χ1n) is 15.4. The molecule has 1 atom stereocenters. The van der Waals surface area contributed by atoms with Crippen molar-refractivity contribution < 1.29 is 22.4 Å². The summed E-state index contributed by atoms with van der Waals surface area (Å²) >= 11 is 6.09. The van der Waals surface area contributed by atoms with Gasteiger partial charge in [0.05, 0.1) is 15.6 Å². The molecule has 1 aliphatic rings. The Morgan fingerprint density at radius 2 is 1.41 bits per heavy atom. The average Bonchev–Trinajstić information content (AvgIpc) is 3.08. The smallest absolute Gasteiger partial charge is 0.264 e. The highest BCUT2D eigenvalue weighted by molar-refractivity contribution is 7.92. The zero-order chi connectivity index (χ0) is 32.5. The molecule has 1 N–H and O–H groups in total. The van der Waals surface area contributed by atoms with Crippen LogP contribution in [-0.2, 0) is 32.6 Å². The van der Waals surface area contributed by atoms with Crippen LogP contribution in [0.5, 0.6) is 0 Å². The van der Waals surface area contributed by atoms with Gasteiger partial charge in [0, 0.05) is 19.0 Å². The molecular weight excluding hydrogens is 625 g/mol. The predicted molar refractivity (Wildman–Crippen MR) is 178 cm³/mol. The molecule has 0 bridgehead atoms. The number of hydrogen-bond donors (Lipinski definition) is 1. The van der Waals surface area contributed by atoms with Gasteiger partial charge >= 0.3 is 0 Å². The number of sulfonamides is 1. The molecule has 1 aliphatic carbocycles. The number of hydrogen-bond acceptors (Lipinski definition) is 4. The molecule has 7 nitrogen and oxygen atoms in total. The molecule has 2 amide bonds. The summed E-state index contributed by atoms with van der Waals surface area (Å²) in [6.07, 6.45) is 5.13. The van der Waals surface area contributed by atoms with Crippen LogP contribution in [0.25, 0.3) is 0 Å². The van der Waals surface area contributed by atoms with Crippen LogP contribution >= 0.6 is 11.6 Å². The van der Waals surface area contributed by atoms with E-state index in [1.165, 1.54) is 29.2 Å². The quantitative estimate of drug-likeness (QED) is 0.182. The molecule has 240 valence electrons. The van der Waals surface area contributed by atoms with Gasteiger partial charge in [-0.15, -0.1) is 0 Å². The first-order chi connectivity index (χ1) is 22.2. The van der Waals surface area contributed by atoms with E-state index < -0.39 is 34.3 Å². The lowest BCUT2D eigenvalue weighted by molar-refractivity contribution is -0.140. The number of rotatable bonds is 12. The van der Waals surface area contributed by atoms with Crippen molar-refractivity contribution in [2.75, 3.05) is 10.8 Å². The molecule has 0 aromatic heterocycles. The Morgan fingerprint density at radius 3 is 2.02 bits per heavy atom. The monoisotopic (exact) mass is 661 g/mol. The summed E-state index contributed by atoms with van der Waals surface area (Å²) in [6.45, 7) is -0.577. The SMILES string of the molecule is O=C(NC1CCCCC1)C(Cc1ccccc1)N(Cc1ccccc1)C(=O)CN(c1ccc(F)c(Cl)c1)S(=O)(=O)c1ccccc1. The van der Waals surface area contributed by atoms with Gasteiger partial charge in [-0.25, -0.2) is 12.8 Å². The van der Waals surface area contributed by atoms with Gasteiger partial charge in [-0.2, -0.15) is 0 Å². The van der Waals surface area contributed by atoms with E-state index in [1.54, 1.807) is 18.2 Å². The van der Waals surface area contributed by atoms with Crippen LogP contribution in [0, 0.1) is 5.82 Å². The largest absolute Gasteiger partial charge is 0.352 e. The molecule has 0 spiro atoms. The fourth-order valence-electron chi connectivity index (χ4n) is 5.77. The second-order valence-electron chi connectivity index (χ2n) is 11.5. The summed E-state index contributed by atoms with van der Waals surface area (Å²) in [4.78, 5) is 30.0. The molecule has 10 heteroatoms. The number of amides is 2. The van der Waals surface area contributed by atoms with E-state index in [4.69, 9.17) is 11.6 Å². The van der Waals surface area contributed by atoms with Crippen molar-refractivity contribution >= 4 is 39.1 Å². The molecular formula is C36H37ClFN3O4S. The third-order valence-electron chi connectivity index (χ3n) is 8.22. The highest BCUT2D eigenvalue weighted by atomic mass is 35.5. The lowest BCUT2D eigenvalue weighted by Crippen LogP contribution is -2.55. The lowest BCUT2D eigenvalue weighted by Gasteiger charge is -2.35. The minimum absolute atomic E-state index is 0.00418. The maximum absolute atomic E-state index is 14.5. The maximum Gasteiger partial charge on any atom is 0.264 e. The van der Waals surface area contributed by atoms with Gasteiger partial charge < -0.3 is 10.2 Å². The van der Waals surface area contributed by atoms with Crippen molar-refractivity contribution in [3.8, 4) is 0 Å². The molecule has 0 aliphatic heterocycles. The van der Waals surface area contributed by atoms with Crippen molar-refractivity contribution in [2.45, 2.75) is 62.0 Å². The summed E-state index contributed by atoms with van der Waals surface area (Å²) in [6, 6.07) is 29.0. The summed E-state index contributed by atoms with van der Waals surface area (Å²) in [5.74, 6) is -1.60. The van der Waals surface area contributed by atoms with Gasteiger partial charge in [0.25, 0.3) is 10.0 Å². The van der Waals surface area contributed by atoms with Crippen molar-refractivity contribution in [1.29, 1.82) is 0 Å². The number of carbonyl (C=O) groups is 2. The second-order valence-corrected chi connectivity index (χ2v) is 13.7. The second kappa shape index (κ2) is 15.4. The Kier molecular flexibility index (Phi) is 11.1. The zero-order valence-electron chi connectivity index (χ0n) is 25.4. The van der Waals surface area contributed by atoms with Crippen LogP contribution in [0.15, 0.2) is 114 Å². The van der Waals surface area contributed by atoms with E-state index in [0.717, 1.165) is 53.6 Å². The van der Waals surface area contributed by atoms with Crippen LogP contribution in [0.4, 0.5) is 10.1 Å². The molecule has 0 saturated heterocycles. The normalized spacial score (nSPS) is 14.3. The first kappa shape index (κ1) is 33.2. The molecule has 1 saturated carbocycles. The fraction of sp³-hybridized carbons (Fsp3) is 0.278. The van der Waals surface area contributed by atoms with E-state index in [0.29, 0.717) is 0 Å². The highest BCUT2D eigenvalue weighted by Gasteiger charge is 2.35. The van der Waals surface area contributed by atoms with Crippen LogP contribution in [0.1, 0.15) is 43.2 Å². The molecule has 0 radical (unpaired) electrons. The van der Waals surface area contributed by atoms with Crippen LogP contribution in [0.2, 0.25) is 5.02 Å². The average molecular weight is 662 g/mol. The molecule has 1 fully saturated rings. The van der Waals surface area contributed by atoms with Crippen LogP contribution in [-0.4, -0.2) is 43.8 Å². The van der Waals surface area contributed by atoms with Gasteiger partial charge in [-0.1, -0.05) is 110 Å². The van der Waals surface area contributed by atoms with Gasteiger partial charge in [0.15, 0.2) is 0 Å². The number of nitrogens with zero attached hydrogens (tertiary/aromatic N) is 2. The Hall–Kier alpha value is -4.21. The van der Waals surface area contributed by atoms with E-state index in [2.05, 4.69) is 5.32 Å². The Balaban J connectivity index is 1.56. The standard InChI is InChI=1S/C36H37ClFN3O4S/c37-32-24-30(21-22-33(32)38)41(46(44,45)31-19-11-4-12-20-31)26-35(42)40(25-28-15-7-2-8-16-28)34(23-27-13-5-1-6-14-27)36(43)39-29-17-9-3-10-18-29/h1-2,4-8,11-16,19-22,24,29,34H,3,9-10,17-18,23,25-26H2,(H,39,43). The highest BCUT2D eigenvalue weighted by Crippen LogP contribution is 2.29. The number of anilines is 1. The maximum atomic E-state index is 14.5. The van der Waals surface area contributed by atoms with E-state index >= 15 is 0 Å². The van der Waals surface area contributed by atoms with E-state index in [9.17, 15) is 22.4 Å². The predicted octanol–water partition coefficient (Wildman–Crippen LogP) is 6.76. The van der Waals surface area contributed by atoms with E-state index in [-0.39, 0.29) is 40.5 Å². The Bertz CT molecular complexity index is 1720. The zero-order valence-corrected chi connectivity index (χ0v) is 27.0. The Morgan fingerprint density at radius 1 is 0.826 bits per heavy atom. The van der Waals surface area contributed by atoms with Crippen molar-refractivity contribution in [3.63, 3.8) is 0 Å². The topological polar surface area (TPSA) is 86.8 Å². The third kappa shape index (κ3) is 8.33. The molecule has 1 unspecified atom stereocenters. The first-order valence-corrected chi connectivity index (χ1v) is 17.2. The van der Waals surface area contributed by atoms with E-state index in [1.807, 2.05) is 60.7 Å².